The molecule has 0 radical (unpaired) electrons. The van der Waals surface area contributed by atoms with Gasteiger partial charge in [0.15, 0.2) is 0 Å². The van der Waals surface area contributed by atoms with Gasteiger partial charge in [0.2, 0.25) is 5.28 Å². The Hall–Kier alpha value is -0.870. The number of aromatic nitrogens is 2. The van der Waals surface area contributed by atoms with Gasteiger partial charge in [0.1, 0.15) is 10.6 Å². The number of piperidine rings is 1. The second-order valence-corrected chi connectivity index (χ2v) is 7.36. The van der Waals surface area contributed by atoms with Gasteiger partial charge in [-0.1, -0.05) is 0 Å². The van der Waals surface area contributed by atoms with Crippen LogP contribution in [0.3, 0.4) is 0 Å². The van der Waals surface area contributed by atoms with Gasteiger partial charge in [0.05, 0.1) is 5.39 Å². The van der Waals surface area contributed by atoms with Crippen molar-refractivity contribution in [3.05, 3.63) is 15.7 Å². The van der Waals surface area contributed by atoms with Crippen LogP contribution in [0.5, 0.6) is 0 Å². The van der Waals surface area contributed by atoms with Crippen LogP contribution >= 0.6 is 22.9 Å². The Morgan fingerprint density at radius 3 is 2.45 bits per heavy atom. The maximum atomic E-state index is 6.16. The Morgan fingerprint density at radius 1 is 1.15 bits per heavy atom. The van der Waals surface area contributed by atoms with E-state index >= 15 is 0 Å². The van der Waals surface area contributed by atoms with E-state index in [1.54, 1.807) is 11.3 Å². The molecule has 1 aliphatic rings. The van der Waals surface area contributed by atoms with Crippen molar-refractivity contribution in [3.8, 4) is 0 Å². The van der Waals surface area contributed by atoms with Gasteiger partial charge in [0, 0.05) is 17.0 Å². The molecular weight excluding hydrogens is 290 g/mol. The van der Waals surface area contributed by atoms with E-state index in [0.717, 1.165) is 10.6 Å². The summed E-state index contributed by atoms with van der Waals surface area (Å²) in [5, 5.41) is 1.55. The topological polar surface area (TPSA) is 29.0 Å². The maximum absolute atomic E-state index is 6.16. The average Bonchev–Trinajstić information content (AvgIpc) is 2.64. The maximum Gasteiger partial charge on any atom is 0.225 e. The molecular formula is C15H20ClN3S. The van der Waals surface area contributed by atoms with E-state index in [1.165, 1.54) is 35.1 Å². The fourth-order valence-electron chi connectivity index (χ4n) is 3.23. The number of hydrogen-bond donors (Lipinski definition) is 0. The van der Waals surface area contributed by atoms with Gasteiger partial charge < -0.3 is 4.90 Å². The predicted molar refractivity (Wildman–Crippen MR) is 87.2 cm³/mol. The molecule has 108 valence electrons. The Balaban J connectivity index is 2.23. The molecule has 0 N–H and O–H groups in total. The Bertz CT molecular complexity index is 642. The summed E-state index contributed by atoms with van der Waals surface area (Å²) in [4.78, 5) is 13.8. The molecule has 0 saturated carbocycles. The molecule has 20 heavy (non-hydrogen) atoms. The van der Waals surface area contributed by atoms with Crippen LogP contribution in [0.15, 0.2) is 0 Å². The van der Waals surface area contributed by atoms with Gasteiger partial charge in [-0.15, -0.1) is 11.3 Å². The van der Waals surface area contributed by atoms with Crippen LogP contribution in [0.25, 0.3) is 10.2 Å². The molecule has 0 amide bonds. The molecule has 5 heteroatoms. The fraction of sp³-hybridized carbons (Fsp3) is 0.600. The van der Waals surface area contributed by atoms with Crippen molar-refractivity contribution < 1.29 is 0 Å². The summed E-state index contributed by atoms with van der Waals surface area (Å²) in [5.41, 5.74) is 1.29. The van der Waals surface area contributed by atoms with Crippen molar-refractivity contribution in [1.29, 1.82) is 0 Å². The highest BCUT2D eigenvalue weighted by atomic mass is 35.5. The Labute approximate surface area is 129 Å². The van der Waals surface area contributed by atoms with Gasteiger partial charge in [-0.05, 0) is 64.1 Å². The number of rotatable bonds is 1. The van der Waals surface area contributed by atoms with Gasteiger partial charge in [-0.3, -0.25) is 0 Å². The molecule has 0 bridgehead atoms. The standard InChI is InChI=1S/C15H20ClN3S/c1-8-6-5-7-9(2)19(8)13-12-10(3)11(4)20-14(12)18-15(16)17-13/h8-9H,5-7H2,1-4H3. The summed E-state index contributed by atoms with van der Waals surface area (Å²) >= 11 is 7.87. The van der Waals surface area contributed by atoms with Crippen molar-refractivity contribution in [3.63, 3.8) is 0 Å². The van der Waals surface area contributed by atoms with Crippen LogP contribution < -0.4 is 4.90 Å². The molecule has 2 atom stereocenters. The van der Waals surface area contributed by atoms with E-state index in [9.17, 15) is 0 Å². The molecule has 1 aliphatic heterocycles. The van der Waals surface area contributed by atoms with Crippen LogP contribution in [0.2, 0.25) is 5.28 Å². The lowest BCUT2D eigenvalue weighted by Gasteiger charge is -2.40. The normalized spacial score (nSPS) is 23.6. The van der Waals surface area contributed by atoms with Crippen molar-refractivity contribution in [2.45, 2.75) is 59.0 Å². The zero-order chi connectivity index (χ0) is 14.4. The van der Waals surface area contributed by atoms with Crippen molar-refractivity contribution >= 4 is 39.0 Å². The molecule has 1 saturated heterocycles. The number of thiophene rings is 1. The third kappa shape index (κ3) is 2.19. The fourth-order valence-corrected chi connectivity index (χ4v) is 4.47. The SMILES string of the molecule is Cc1sc2nc(Cl)nc(N3C(C)CCCC3C)c2c1C. The lowest BCUT2D eigenvalue weighted by atomic mass is 9.97. The summed E-state index contributed by atoms with van der Waals surface area (Å²) in [6.45, 7) is 8.87. The smallest absolute Gasteiger partial charge is 0.225 e. The highest BCUT2D eigenvalue weighted by molar-refractivity contribution is 7.18. The first kappa shape index (κ1) is 14.1. The number of aryl methyl sites for hydroxylation is 2. The van der Waals surface area contributed by atoms with E-state index in [-0.39, 0.29) is 0 Å². The highest BCUT2D eigenvalue weighted by Crippen LogP contribution is 2.39. The molecule has 0 spiro atoms. The Morgan fingerprint density at radius 2 is 1.80 bits per heavy atom. The summed E-state index contributed by atoms with van der Waals surface area (Å²) in [5.74, 6) is 1.03. The molecule has 3 heterocycles. The largest absolute Gasteiger partial charge is 0.351 e. The summed E-state index contributed by atoms with van der Waals surface area (Å²) < 4.78 is 0. The quantitative estimate of drug-likeness (QED) is 0.713. The second-order valence-electron chi connectivity index (χ2n) is 5.82. The summed E-state index contributed by atoms with van der Waals surface area (Å²) in [7, 11) is 0. The first-order valence-corrected chi connectivity index (χ1v) is 8.40. The summed E-state index contributed by atoms with van der Waals surface area (Å²) in [6.07, 6.45) is 3.73. The van der Waals surface area contributed by atoms with Crippen LogP contribution in [-0.2, 0) is 0 Å². The molecule has 3 rings (SSSR count). The molecule has 3 nitrogen and oxygen atoms in total. The number of hydrogen-bond acceptors (Lipinski definition) is 4. The third-order valence-corrected chi connectivity index (χ3v) is 5.69. The number of halogens is 1. The average molecular weight is 310 g/mol. The minimum Gasteiger partial charge on any atom is -0.351 e. The highest BCUT2D eigenvalue weighted by Gasteiger charge is 2.29. The minimum absolute atomic E-state index is 0.360. The Kier molecular flexibility index (Phi) is 3.63. The van der Waals surface area contributed by atoms with Crippen LogP contribution in [0, 0.1) is 13.8 Å². The van der Waals surface area contributed by atoms with E-state index in [1.807, 2.05) is 0 Å². The van der Waals surface area contributed by atoms with Crippen LogP contribution in [0.1, 0.15) is 43.6 Å². The monoisotopic (exact) mass is 309 g/mol. The zero-order valence-corrected chi connectivity index (χ0v) is 14.0. The summed E-state index contributed by atoms with van der Waals surface area (Å²) in [6, 6.07) is 1.01. The number of anilines is 1. The van der Waals surface area contributed by atoms with Gasteiger partial charge in [-0.25, -0.2) is 4.98 Å². The molecule has 2 aromatic heterocycles. The van der Waals surface area contributed by atoms with Crippen LogP contribution in [-0.4, -0.2) is 22.1 Å². The van der Waals surface area contributed by atoms with E-state index in [0.29, 0.717) is 17.4 Å². The molecule has 1 fully saturated rings. The van der Waals surface area contributed by atoms with E-state index in [4.69, 9.17) is 11.6 Å². The van der Waals surface area contributed by atoms with E-state index in [2.05, 4.69) is 42.6 Å². The molecule has 2 unspecified atom stereocenters. The lowest BCUT2D eigenvalue weighted by molar-refractivity contribution is 0.412. The zero-order valence-electron chi connectivity index (χ0n) is 12.4. The minimum atomic E-state index is 0.360. The molecule has 0 aromatic carbocycles. The molecule has 2 aromatic rings. The first-order chi connectivity index (χ1) is 9.49. The van der Waals surface area contributed by atoms with Crippen molar-refractivity contribution in [2.24, 2.45) is 0 Å². The lowest BCUT2D eigenvalue weighted by Crippen LogP contribution is -2.44. The number of nitrogens with zero attached hydrogens (tertiary/aromatic N) is 3. The van der Waals surface area contributed by atoms with Gasteiger partial charge >= 0.3 is 0 Å². The van der Waals surface area contributed by atoms with Crippen LogP contribution in [0.4, 0.5) is 5.82 Å². The van der Waals surface area contributed by atoms with Crippen molar-refractivity contribution in [2.75, 3.05) is 4.90 Å². The van der Waals surface area contributed by atoms with Gasteiger partial charge in [-0.2, -0.15) is 4.98 Å². The first-order valence-electron chi connectivity index (χ1n) is 7.20. The third-order valence-electron chi connectivity index (χ3n) is 4.42. The van der Waals surface area contributed by atoms with E-state index < -0.39 is 0 Å². The van der Waals surface area contributed by atoms with Gasteiger partial charge in [0.25, 0.3) is 0 Å². The predicted octanol–water partition coefficient (Wildman–Crippen LogP) is 4.73. The van der Waals surface area contributed by atoms with Crippen molar-refractivity contribution in [1.82, 2.24) is 9.97 Å². The second kappa shape index (κ2) is 5.15. The number of fused-ring (bicyclic) bond motifs is 1. The molecule has 0 aliphatic carbocycles.